The maximum absolute atomic E-state index is 12.3. The molecule has 0 fully saturated rings. The first kappa shape index (κ1) is 14.5. The highest BCUT2D eigenvalue weighted by atomic mass is 32.1. The van der Waals surface area contributed by atoms with Crippen LogP contribution in [0.2, 0.25) is 0 Å². The number of fused-ring (bicyclic) bond motifs is 1. The molecule has 0 aliphatic carbocycles. The number of aromatic nitrogens is 1. The number of thiazole rings is 1. The number of carbonyl (C=O) groups is 2. The van der Waals surface area contributed by atoms with Crippen molar-refractivity contribution in [3.8, 4) is 0 Å². The van der Waals surface area contributed by atoms with E-state index in [1.807, 2.05) is 24.3 Å². The Morgan fingerprint density at radius 2 is 2.23 bits per heavy atom. The lowest BCUT2D eigenvalue weighted by molar-refractivity contribution is -0.118. The highest BCUT2D eigenvalue weighted by molar-refractivity contribution is 7.17. The van der Waals surface area contributed by atoms with Gasteiger partial charge in [0.05, 0.1) is 5.69 Å². The van der Waals surface area contributed by atoms with Gasteiger partial charge in [-0.05, 0) is 31.4 Å². The van der Waals surface area contributed by atoms with Gasteiger partial charge in [-0.25, -0.2) is 4.98 Å². The monoisotopic (exact) mass is 316 g/mol. The number of benzene rings is 1. The molecule has 6 nitrogen and oxygen atoms in total. The van der Waals surface area contributed by atoms with E-state index in [4.69, 9.17) is 5.73 Å². The lowest BCUT2D eigenvalue weighted by Gasteiger charge is -2.14. The molecule has 114 valence electrons. The number of anilines is 2. The van der Waals surface area contributed by atoms with E-state index in [0.717, 1.165) is 29.0 Å². The first-order valence-corrected chi connectivity index (χ1v) is 7.79. The summed E-state index contributed by atoms with van der Waals surface area (Å²) in [6.07, 6.45) is 1.28. The van der Waals surface area contributed by atoms with E-state index in [-0.39, 0.29) is 11.8 Å². The third kappa shape index (κ3) is 2.80. The Bertz CT molecular complexity index is 741. The molecule has 2 heterocycles. The molecular formula is C15H16N4O2S. The molecule has 4 N–H and O–H groups in total. The predicted molar refractivity (Wildman–Crippen MR) is 85.9 cm³/mol. The van der Waals surface area contributed by atoms with Crippen molar-refractivity contribution in [2.45, 2.75) is 25.8 Å². The van der Waals surface area contributed by atoms with Crippen LogP contribution in [0, 0.1) is 6.92 Å². The molecule has 1 aliphatic rings. The molecule has 0 saturated carbocycles. The average Bonchev–Trinajstić information content (AvgIpc) is 2.74. The van der Waals surface area contributed by atoms with E-state index in [9.17, 15) is 9.59 Å². The minimum atomic E-state index is -0.567. The van der Waals surface area contributed by atoms with Crippen molar-refractivity contribution in [3.05, 3.63) is 40.4 Å². The van der Waals surface area contributed by atoms with Gasteiger partial charge in [0.25, 0.3) is 5.91 Å². The molecule has 0 spiro atoms. The second-order valence-electron chi connectivity index (χ2n) is 5.18. The summed E-state index contributed by atoms with van der Waals surface area (Å²) >= 11 is 1.13. The van der Waals surface area contributed by atoms with Crippen LogP contribution in [0.3, 0.4) is 0 Å². The van der Waals surface area contributed by atoms with E-state index in [1.165, 1.54) is 0 Å². The number of nitrogens with one attached hydrogen (secondary N) is 2. The van der Waals surface area contributed by atoms with Crippen LogP contribution in [0.25, 0.3) is 0 Å². The third-order valence-corrected chi connectivity index (χ3v) is 4.60. The van der Waals surface area contributed by atoms with Crippen molar-refractivity contribution < 1.29 is 9.59 Å². The van der Waals surface area contributed by atoms with Gasteiger partial charge in [-0.3, -0.25) is 9.59 Å². The van der Waals surface area contributed by atoms with Crippen LogP contribution in [-0.4, -0.2) is 22.8 Å². The molecule has 7 heteroatoms. The molecule has 1 aliphatic heterocycles. The van der Waals surface area contributed by atoms with Gasteiger partial charge in [-0.15, -0.1) is 0 Å². The summed E-state index contributed by atoms with van der Waals surface area (Å²) in [5.74, 6) is -0.508. The largest absolute Gasteiger partial charge is 0.375 e. The zero-order valence-corrected chi connectivity index (χ0v) is 12.9. The maximum atomic E-state index is 12.3. The average molecular weight is 316 g/mol. The Hall–Kier alpha value is -2.41. The van der Waals surface area contributed by atoms with Crippen LogP contribution < -0.4 is 16.4 Å². The van der Waals surface area contributed by atoms with Gasteiger partial charge >= 0.3 is 0 Å². The molecule has 0 radical (unpaired) electrons. The second-order valence-corrected chi connectivity index (χ2v) is 6.21. The van der Waals surface area contributed by atoms with E-state index >= 15 is 0 Å². The number of nitrogens with two attached hydrogens (primary N) is 1. The predicted octanol–water partition coefficient (Wildman–Crippen LogP) is 1.72. The van der Waals surface area contributed by atoms with Crippen molar-refractivity contribution in [2.75, 3.05) is 11.1 Å². The van der Waals surface area contributed by atoms with Crippen LogP contribution >= 0.6 is 11.3 Å². The molecule has 2 aromatic rings. The van der Waals surface area contributed by atoms with Crippen molar-refractivity contribution in [3.63, 3.8) is 0 Å². The number of nitrogens with zero attached hydrogens (tertiary/aromatic N) is 1. The van der Waals surface area contributed by atoms with Crippen LogP contribution in [0.5, 0.6) is 0 Å². The highest BCUT2D eigenvalue weighted by Crippen LogP contribution is 2.23. The van der Waals surface area contributed by atoms with E-state index < -0.39 is 6.04 Å². The fourth-order valence-corrected chi connectivity index (χ4v) is 3.24. The van der Waals surface area contributed by atoms with Crippen LogP contribution in [0.4, 0.5) is 10.8 Å². The Labute approximate surface area is 131 Å². The topological polar surface area (TPSA) is 97.1 Å². The molecule has 1 aromatic heterocycles. The van der Waals surface area contributed by atoms with Gasteiger partial charge in [0.15, 0.2) is 5.13 Å². The first-order valence-electron chi connectivity index (χ1n) is 6.97. The van der Waals surface area contributed by atoms with Gasteiger partial charge in [-0.1, -0.05) is 29.5 Å². The molecular weight excluding hydrogens is 300 g/mol. The van der Waals surface area contributed by atoms with Crippen molar-refractivity contribution in [1.82, 2.24) is 10.3 Å². The summed E-state index contributed by atoms with van der Waals surface area (Å²) in [6.45, 7) is 1.73. The molecule has 3 rings (SSSR count). The smallest absolute Gasteiger partial charge is 0.264 e. The summed E-state index contributed by atoms with van der Waals surface area (Å²) in [7, 11) is 0. The number of carbonyl (C=O) groups excluding carboxylic acids is 2. The number of nitrogen functional groups attached to an aromatic ring is 1. The Morgan fingerprint density at radius 3 is 2.95 bits per heavy atom. The first-order chi connectivity index (χ1) is 10.5. The standard InChI is InChI=1S/C15H16N4O2S/c1-8-12(22-15(16)17-8)14(21)19-11-7-6-9-4-2-3-5-10(9)18-13(11)20/h2-5,11H,6-7H2,1H3,(H2,16,17)(H,18,20)(H,19,21). The summed E-state index contributed by atoms with van der Waals surface area (Å²) < 4.78 is 0. The summed E-state index contributed by atoms with van der Waals surface area (Å²) in [5, 5.41) is 5.98. The summed E-state index contributed by atoms with van der Waals surface area (Å²) in [5.41, 5.74) is 8.07. The molecule has 1 atom stereocenters. The fraction of sp³-hybridized carbons (Fsp3) is 0.267. The Morgan fingerprint density at radius 1 is 1.45 bits per heavy atom. The number of hydrogen-bond acceptors (Lipinski definition) is 5. The van der Waals surface area contributed by atoms with Crippen molar-refractivity contribution in [1.29, 1.82) is 0 Å². The van der Waals surface area contributed by atoms with Gasteiger partial charge in [0.2, 0.25) is 5.91 Å². The Balaban J connectivity index is 1.75. The molecule has 1 unspecified atom stereocenters. The van der Waals surface area contributed by atoms with Gasteiger partial charge in [-0.2, -0.15) is 0 Å². The number of amides is 2. The summed E-state index contributed by atoms with van der Waals surface area (Å²) in [6, 6.07) is 7.09. The number of aryl methyl sites for hydroxylation is 2. The zero-order chi connectivity index (χ0) is 15.7. The van der Waals surface area contributed by atoms with E-state index in [1.54, 1.807) is 6.92 Å². The Kier molecular flexibility index (Phi) is 3.81. The lowest BCUT2D eigenvalue weighted by Crippen LogP contribution is -2.43. The van der Waals surface area contributed by atoms with Gasteiger partial charge in [0, 0.05) is 5.69 Å². The minimum Gasteiger partial charge on any atom is -0.375 e. The molecule has 22 heavy (non-hydrogen) atoms. The van der Waals surface area contributed by atoms with Crippen molar-refractivity contribution in [2.24, 2.45) is 0 Å². The maximum Gasteiger partial charge on any atom is 0.264 e. The van der Waals surface area contributed by atoms with Crippen LogP contribution in [0.15, 0.2) is 24.3 Å². The molecule has 2 amide bonds. The highest BCUT2D eigenvalue weighted by Gasteiger charge is 2.26. The minimum absolute atomic E-state index is 0.201. The summed E-state index contributed by atoms with van der Waals surface area (Å²) in [4.78, 5) is 29.1. The number of rotatable bonds is 2. The SMILES string of the molecule is Cc1nc(N)sc1C(=O)NC1CCc2ccccc2NC1=O. The van der Waals surface area contributed by atoms with Crippen LogP contribution in [-0.2, 0) is 11.2 Å². The molecule has 0 saturated heterocycles. The molecule has 0 bridgehead atoms. The third-order valence-electron chi connectivity index (χ3n) is 3.62. The fourth-order valence-electron chi connectivity index (χ4n) is 2.50. The molecule has 1 aromatic carbocycles. The van der Waals surface area contributed by atoms with Crippen LogP contribution in [0.1, 0.15) is 27.3 Å². The van der Waals surface area contributed by atoms with E-state index in [0.29, 0.717) is 22.1 Å². The van der Waals surface area contributed by atoms with Crippen molar-refractivity contribution >= 4 is 34.0 Å². The zero-order valence-electron chi connectivity index (χ0n) is 12.1. The second kappa shape index (κ2) is 5.76. The lowest BCUT2D eigenvalue weighted by atomic mass is 10.1. The number of hydrogen-bond donors (Lipinski definition) is 3. The van der Waals surface area contributed by atoms with Gasteiger partial charge in [0.1, 0.15) is 10.9 Å². The number of para-hydroxylation sites is 1. The normalized spacial score (nSPS) is 17.3. The quantitative estimate of drug-likeness (QED) is 0.786. The van der Waals surface area contributed by atoms with Gasteiger partial charge < -0.3 is 16.4 Å². The van der Waals surface area contributed by atoms with E-state index in [2.05, 4.69) is 15.6 Å².